The molecule has 1 N–H and O–H groups in total. The van der Waals surface area contributed by atoms with E-state index in [9.17, 15) is 14.7 Å². The molecule has 0 aliphatic carbocycles. The number of hydrogen-bond donors (Lipinski definition) is 1. The summed E-state index contributed by atoms with van der Waals surface area (Å²) in [7, 11) is 0. The number of anilines is 2. The van der Waals surface area contributed by atoms with Gasteiger partial charge < -0.3 is 24.5 Å². The van der Waals surface area contributed by atoms with Gasteiger partial charge in [-0.3, -0.25) is 0 Å². The molecule has 30 heavy (non-hydrogen) atoms. The maximum Gasteiger partial charge on any atom is 0.407 e. The van der Waals surface area contributed by atoms with E-state index in [4.69, 9.17) is 16.3 Å². The van der Waals surface area contributed by atoms with E-state index in [0.717, 1.165) is 0 Å². The average Bonchev–Trinajstić information content (AvgIpc) is 2.72. The summed E-state index contributed by atoms with van der Waals surface area (Å²) in [6.07, 6.45) is -1.06. The predicted molar refractivity (Wildman–Crippen MR) is 112 cm³/mol. The second-order valence-electron chi connectivity index (χ2n) is 7.44. The third-order valence-corrected chi connectivity index (χ3v) is 7.14. The molecule has 11 heteroatoms. The van der Waals surface area contributed by atoms with E-state index in [0.29, 0.717) is 35.5 Å². The van der Waals surface area contributed by atoms with Crippen molar-refractivity contribution in [3.8, 4) is 5.88 Å². The van der Waals surface area contributed by atoms with Crippen molar-refractivity contribution in [2.24, 2.45) is 0 Å². The van der Waals surface area contributed by atoms with Gasteiger partial charge in [-0.25, -0.2) is 19.0 Å². The summed E-state index contributed by atoms with van der Waals surface area (Å²) in [5.74, 6) is 1.61. The van der Waals surface area contributed by atoms with Crippen LogP contribution in [0, 0.1) is 5.82 Å². The highest BCUT2D eigenvalue weighted by Gasteiger charge is 2.46. The third-order valence-electron chi connectivity index (χ3n) is 5.84. The minimum absolute atomic E-state index is 0.0871. The molecule has 4 heterocycles. The fourth-order valence-corrected chi connectivity index (χ4v) is 5.00. The zero-order valence-electron chi connectivity index (χ0n) is 15.7. The molecule has 2 aromatic rings. The number of hydrogen-bond acceptors (Lipinski definition) is 6. The van der Waals surface area contributed by atoms with Gasteiger partial charge in [0, 0.05) is 18.0 Å². The number of amides is 1. The zero-order chi connectivity index (χ0) is 21.3. The second-order valence-corrected chi connectivity index (χ2v) is 8.64. The molecule has 156 valence electrons. The molecule has 8 nitrogen and oxygen atoms in total. The molecule has 0 radical (unpaired) electrons. The van der Waals surface area contributed by atoms with Crippen LogP contribution in [0.1, 0.15) is 6.92 Å². The van der Waals surface area contributed by atoms with E-state index < -0.39 is 18.0 Å². The van der Waals surface area contributed by atoms with Gasteiger partial charge in [-0.1, -0.05) is 11.6 Å². The lowest BCUT2D eigenvalue weighted by Crippen LogP contribution is -2.63. The number of pyridine rings is 1. The first-order chi connectivity index (χ1) is 14.3. The zero-order valence-corrected chi connectivity index (χ0v) is 18.0. The molecule has 1 amide bonds. The van der Waals surface area contributed by atoms with Gasteiger partial charge in [0.1, 0.15) is 29.4 Å². The standard InChI is InChI=1S/C19H15BrClFN4O4/c1-8-5-26-11(6-25(8)19(28)29)12(7-27)24-2-3-30-18-17(24)16(26)9-4-10(21)13(20)14(22)15(9)23-18/h4,8,11H,2-3,5-6H2,1H3,(H,28,29). The monoisotopic (exact) mass is 496 g/mol. The minimum Gasteiger partial charge on any atom is -0.474 e. The average molecular weight is 498 g/mol. The Morgan fingerprint density at radius 2 is 2.20 bits per heavy atom. The molecule has 3 aliphatic heterocycles. The predicted octanol–water partition coefficient (Wildman–Crippen LogP) is 3.27. The van der Waals surface area contributed by atoms with Gasteiger partial charge in [0.15, 0.2) is 5.82 Å². The molecule has 2 atom stereocenters. The van der Waals surface area contributed by atoms with Crippen molar-refractivity contribution in [2.75, 3.05) is 36.0 Å². The maximum atomic E-state index is 15.0. The summed E-state index contributed by atoms with van der Waals surface area (Å²) in [6, 6.07) is 0.710. The normalized spacial score (nSPS) is 22.4. The molecule has 2 unspecified atom stereocenters. The van der Waals surface area contributed by atoms with Crippen LogP contribution < -0.4 is 14.5 Å². The summed E-state index contributed by atoms with van der Waals surface area (Å²) in [5, 5.41) is 10.3. The highest BCUT2D eigenvalue weighted by atomic mass is 79.9. The number of carbonyl (C=O) groups excluding carboxylic acids is 1. The van der Waals surface area contributed by atoms with Crippen LogP contribution in [-0.4, -0.2) is 65.3 Å². The number of fused-ring (bicyclic) bond motifs is 4. The second kappa shape index (κ2) is 6.73. The highest BCUT2D eigenvalue weighted by Crippen LogP contribution is 2.52. The van der Waals surface area contributed by atoms with Crippen LogP contribution >= 0.6 is 27.5 Å². The van der Waals surface area contributed by atoms with E-state index in [2.05, 4.69) is 20.9 Å². The van der Waals surface area contributed by atoms with Gasteiger partial charge >= 0.3 is 6.09 Å². The molecule has 1 saturated heterocycles. The van der Waals surface area contributed by atoms with Crippen LogP contribution in [0.3, 0.4) is 0 Å². The van der Waals surface area contributed by atoms with Gasteiger partial charge in [-0.15, -0.1) is 0 Å². The summed E-state index contributed by atoms with van der Waals surface area (Å²) in [6.45, 7) is 2.80. The minimum atomic E-state index is -1.06. The van der Waals surface area contributed by atoms with Crippen LogP contribution in [-0.2, 0) is 4.79 Å². The number of piperazine rings is 1. The van der Waals surface area contributed by atoms with Crippen molar-refractivity contribution in [3.05, 3.63) is 27.1 Å². The number of aromatic nitrogens is 1. The Bertz CT molecular complexity index is 1170. The van der Waals surface area contributed by atoms with Crippen molar-refractivity contribution in [1.29, 1.82) is 0 Å². The first-order valence-corrected chi connectivity index (χ1v) is 10.4. The van der Waals surface area contributed by atoms with E-state index in [1.54, 1.807) is 17.9 Å². The van der Waals surface area contributed by atoms with Crippen LogP contribution in [0.5, 0.6) is 5.88 Å². The topological polar surface area (TPSA) is 86.2 Å². The van der Waals surface area contributed by atoms with Crippen LogP contribution in [0.4, 0.5) is 20.6 Å². The van der Waals surface area contributed by atoms with E-state index in [-0.39, 0.29) is 40.1 Å². The highest BCUT2D eigenvalue weighted by molar-refractivity contribution is 9.10. The molecule has 0 saturated carbocycles. The first kappa shape index (κ1) is 19.4. The van der Waals surface area contributed by atoms with Crippen LogP contribution in [0.15, 0.2) is 16.2 Å². The van der Waals surface area contributed by atoms with Crippen molar-refractivity contribution in [2.45, 2.75) is 19.0 Å². The van der Waals surface area contributed by atoms with Crippen molar-refractivity contribution in [1.82, 2.24) is 9.88 Å². The number of halogens is 3. The molecule has 5 rings (SSSR count). The number of carbonyl (C=O) groups is 1. The van der Waals surface area contributed by atoms with E-state index in [1.165, 1.54) is 4.90 Å². The van der Waals surface area contributed by atoms with Crippen molar-refractivity contribution >= 4 is 61.8 Å². The molecule has 1 aromatic heterocycles. The van der Waals surface area contributed by atoms with E-state index in [1.807, 2.05) is 10.8 Å². The Labute approximate surface area is 183 Å². The smallest absolute Gasteiger partial charge is 0.407 e. The molecule has 1 aromatic carbocycles. The van der Waals surface area contributed by atoms with Gasteiger partial charge in [0.2, 0.25) is 5.88 Å². The summed E-state index contributed by atoms with van der Waals surface area (Å²) in [4.78, 5) is 33.0. The van der Waals surface area contributed by atoms with Crippen molar-refractivity contribution in [3.63, 3.8) is 0 Å². The van der Waals surface area contributed by atoms with Gasteiger partial charge in [-0.05, 0) is 28.9 Å². The number of carboxylic acid groups (broad SMARTS) is 1. The Balaban J connectivity index is 1.84. The lowest BCUT2D eigenvalue weighted by atomic mass is 9.96. The van der Waals surface area contributed by atoms with E-state index >= 15 is 4.39 Å². The summed E-state index contributed by atoms with van der Waals surface area (Å²) in [5.41, 5.74) is 1.59. The SMILES string of the molecule is CC1CN2c3c4c(nc5c(F)c(Br)c(Cl)cc35)OCCN4C(=C=O)C2CN1C(=O)O. The fraction of sp³-hybridized carbons (Fsp3) is 0.368. The Hall–Kier alpha value is -2.55. The number of rotatable bonds is 0. The van der Waals surface area contributed by atoms with Gasteiger partial charge in [0.05, 0.1) is 34.3 Å². The lowest BCUT2D eigenvalue weighted by Gasteiger charge is -2.52. The maximum absolute atomic E-state index is 15.0. The number of ether oxygens (including phenoxy) is 1. The van der Waals surface area contributed by atoms with Gasteiger partial charge in [-0.2, -0.15) is 0 Å². The van der Waals surface area contributed by atoms with Crippen molar-refractivity contribution < 1.29 is 23.8 Å². The summed E-state index contributed by atoms with van der Waals surface area (Å²) >= 11 is 9.40. The third kappa shape index (κ3) is 2.54. The largest absolute Gasteiger partial charge is 0.474 e. The Morgan fingerprint density at radius 3 is 2.90 bits per heavy atom. The van der Waals surface area contributed by atoms with Crippen LogP contribution in [0.25, 0.3) is 10.9 Å². The number of benzene rings is 1. The van der Waals surface area contributed by atoms with Gasteiger partial charge in [0.25, 0.3) is 0 Å². The van der Waals surface area contributed by atoms with Crippen LogP contribution in [0.2, 0.25) is 5.02 Å². The Morgan fingerprint density at radius 1 is 1.43 bits per heavy atom. The number of nitrogens with zero attached hydrogens (tertiary/aromatic N) is 4. The Kier molecular flexibility index (Phi) is 4.36. The molecule has 0 bridgehead atoms. The lowest BCUT2D eigenvalue weighted by molar-refractivity contribution is 0.115. The molecular formula is C19H15BrClFN4O4. The summed E-state index contributed by atoms with van der Waals surface area (Å²) < 4.78 is 20.9. The molecular weight excluding hydrogens is 483 g/mol. The first-order valence-electron chi connectivity index (χ1n) is 9.26. The molecule has 0 spiro atoms. The molecule has 3 aliphatic rings. The quantitative estimate of drug-likeness (QED) is 0.442. The fourth-order valence-electron chi connectivity index (χ4n) is 4.51. The molecule has 1 fully saturated rings.